The Kier molecular flexibility index (Phi) is 6.44. The summed E-state index contributed by atoms with van der Waals surface area (Å²) >= 11 is 0. The van der Waals surface area contributed by atoms with Gasteiger partial charge in [-0.1, -0.05) is 30.2 Å². The monoisotopic (exact) mass is 414 g/mol. The summed E-state index contributed by atoms with van der Waals surface area (Å²) in [7, 11) is -3.62. The Hall–Kier alpha value is -2.18. The van der Waals surface area contributed by atoms with E-state index in [1.807, 2.05) is 45.9 Å². The van der Waals surface area contributed by atoms with Crippen molar-refractivity contribution in [1.82, 2.24) is 4.31 Å². The number of rotatable bonds is 5. The number of hydrogen-bond acceptors (Lipinski definition) is 3. The number of sulfonamides is 1. The summed E-state index contributed by atoms with van der Waals surface area (Å²) in [4.78, 5) is 15.1. The fourth-order valence-electron chi connectivity index (χ4n) is 4.04. The Morgan fingerprint density at radius 3 is 2.55 bits per heavy atom. The number of piperidine rings is 1. The molecule has 0 aliphatic carbocycles. The molecule has 0 saturated carbocycles. The second kappa shape index (κ2) is 8.67. The van der Waals surface area contributed by atoms with Crippen molar-refractivity contribution in [1.29, 1.82) is 0 Å². The van der Waals surface area contributed by atoms with Crippen molar-refractivity contribution in [3.8, 4) is 0 Å². The van der Waals surface area contributed by atoms with Crippen LogP contribution in [0, 0.1) is 13.8 Å². The average molecular weight is 415 g/mol. The number of hydrogen-bond donors (Lipinski definition) is 0. The van der Waals surface area contributed by atoms with Crippen LogP contribution in [-0.2, 0) is 10.0 Å². The van der Waals surface area contributed by atoms with E-state index in [2.05, 4.69) is 0 Å². The molecular formula is C23H30N2O3S. The van der Waals surface area contributed by atoms with Gasteiger partial charge >= 0.3 is 0 Å². The minimum Gasteiger partial charge on any atom is -0.308 e. The van der Waals surface area contributed by atoms with Gasteiger partial charge in [0.2, 0.25) is 10.0 Å². The molecule has 29 heavy (non-hydrogen) atoms. The van der Waals surface area contributed by atoms with Crippen LogP contribution in [0.4, 0.5) is 5.69 Å². The maximum atomic E-state index is 13.3. The summed E-state index contributed by atoms with van der Waals surface area (Å²) < 4.78 is 27.9. The number of aryl methyl sites for hydroxylation is 2. The van der Waals surface area contributed by atoms with Crippen molar-refractivity contribution in [3.05, 3.63) is 59.2 Å². The molecule has 6 heteroatoms. The summed E-state index contributed by atoms with van der Waals surface area (Å²) in [5.74, 6) is -0.191. The third-order valence-electron chi connectivity index (χ3n) is 5.63. The molecule has 0 spiro atoms. The van der Waals surface area contributed by atoms with Crippen LogP contribution in [0.25, 0.3) is 0 Å². The van der Waals surface area contributed by atoms with Crippen molar-refractivity contribution in [3.63, 3.8) is 0 Å². The predicted octanol–water partition coefficient (Wildman–Crippen LogP) is 4.53. The first-order valence-corrected chi connectivity index (χ1v) is 11.7. The molecule has 1 fully saturated rings. The second-order valence-electron chi connectivity index (χ2n) is 7.83. The summed E-state index contributed by atoms with van der Waals surface area (Å²) in [6.07, 6.45) is 2.79. The van der Waals surface area contributed by atoms with E-state index in [1.54, 1.807) is 27.4 Å². The van der Waals surface area contributed by atoms with Gasteiger partial charge in [-0.2, -0.15) is 4.31 Å². The molecule has 0 N–H and O–H groups in total. The normalized spacial score (nSPS) is 17.9. The summed E-state index contributed by atoms with van der Waals surface area (Å²) in [6.45, 7) is 8.91. The van der Waals surface area contributed by atoms with Gasteiger partial charge in [0, 0.05) is 30.4 Å². The zero-order valence-electron chi connectivity index (χ0n) is 17.7. The average Bonchev–Trinajstić information content (AvgIpc) is 2.70. The largest absolute Gasteiger partial charge is 0.308 e. The Balaban J connectivity index is 1.94. The predicted molar refractivity (Wildman–Crippen MR) is 117 cm³/mol. The van der Waals surface area contributed by atoms with E-state index in [0.717, 1.165) is 36.1 Å². The number of carbonyl (C=O) groups is 1. The van der Waals surface area contributed by atoms with E-state index in [-0.39, 0.29) is 16.8 Å². The topological polar surface area (TPSA) is 57.7 Å². The van der Waals surface area contributed by atoms with Crippen LogP contribution in [0.1, 0.15) is 54.6 Å². The van der Waals surface area contributed by atoms with Gasteiger partial charge in [0.15, 0.2) is 0 Å². The first kappa shape index (κ1) is 21.5. The van der Waals surface area contributed by atoms with E-state index in [0.29, 0.717) is 18.7 Å². The smallest absolute Gasteiger partial charge is 0.258 e. The SMILES string of the molecule is CCN(C(=O)c1cccc(S(=O)(=O)N2CCCCC2C)c1)c1ccc(C)cc1C. The Morgan fingerprint density at radius 2 is 1.90 bits per heavy atom. The molecule has 1 aliphatic heterocycles. The van der Waals surface area contributed by atoms with Crippen LogP contribution in [0.15, 0.2) is 47.4 Å². The van der Waals surface area contributed by atoms with Gasteiger partial charge < -0.3 is 4.90 Å². The van der Waals surface area contributed by atoms with Crippen molar-refractivity contribution in [2.24, 2.45) is 0 Å². The van der Waals surface area contributed by atoms with Crippen LogP contribution in [-0.4, -0.2) is 37.8 Å². The number of nitrogens with zero attached hydrogens (tertiary/aromatic N) is 2. The Labute approximate surface area is 174 Å². The summed E-state index contributed by atoms with van der Waals surface area (Å²) in [5, 5.41) is 0. The van der Waals surface area contributed by atoms with E-state index in [1.165, 1.54) is 6.07 Å². The lowest BCUT2D eigenvalue weighted by atomic mass is 10.1. The molecule has 1 amide bonds. The standard InChI is InChI=1S/C23H30N2O3S/c1-5-24(22-13-12-17(2)15-18(22)3)23(26)20-10-8-11-21(16-20)29(27,28)25-14-7-6-9-19(25)4/h8,10-13,15-16,19H,5-7,9,14H2,1-4H3. The number of anilines is 1. The van der Waals surface area contributed by atoms with Gasteiger partial charge in [-0.3, -0.25) is 4.79 Å². The lowest BCUT2D eigenvalue weighted by Crippen LogP contribution is -2.42. The summed E-state index contributed by atoms with van der Waals surface area (Å²) in [5.41, 5.74) is 3.39. The van der Waals surface area contributed by atoms with Gasteiger partial charge in [0.25, 0.3) is 5.91 Å². The molecular weight excluding hydrogens is 384 g/mol. The maximum absolute atomic E-state index is 13.3. The number of carbonyl (C=O) groups excluding carboxylic acids is 1. The summed E-state index contributed by atoms with van der Waals surface area (Å²) in [6, 6.07) is 12.4. The fraction of sp³-hybridized carbons (Fsp3) is 0.435. The van der Waals surface area contributed by atoms with Crippen LogP contribution >= 0.6 is 0 Å². The lowest BCUT2D eigenvalue weighted by molar-refractivity contribution is 0.0988. The van der Waals surface area contributed by atoms with E-state index >= 15 is 0 Å². The molecule has 156 valence electrons. The maximum Gasteiger partial charge on any atom is 0.258 e. The quantitative estimate of drug-likeness (QED) is 0.722. The molecule has 5 nitrogen and oxygen atoms in total. The molecule has 1 unspecified atom stereocenters. The van der Waals surface area contributed by atoms with E-state index < -0.39 is 10.0 Å². The molecule has 0 radical (unpaired) electrons. The van der Waals surface area contributed by atoms with Crippen LogP contribution in [0.5, 0.6) is 0 Å². The second-order valence-corrected chi connectivity index (χ2v) is 9.72. The van der Waals surface area contributed by atoms with Gasteiger partial charge in [-0.25, -0.2) is 8.42 Å². The zero-order chi connectivity index (χ0) is 21.2. The molecule has 2 aromatic carbocycles. The molecule has 2 aromatic rings. The third kappa shape index (κ3) is 4.38. The van der Waals surface area contributed by atoms with Crippen molar-refractivity contribution >= 4 is 21.6 Å². The van der Waals surface area contributed by atoms with Gasteiger partial charge in [0.1, 0.15) is 0 Å². The molecule has 1 heterocycles. The van der Waals surface area contributed by atoms with Gasteiger partial charge in [0.05, 0.1) is 4.90 Å². The minimum atomic E-state index is -3.62. The lowest BCUT2D eigenvalue weighted by Gasteiger charge is -2.32. The Morgan fingerprint density at radius 1 is 1.14 bits per heavy atom. The fourth-order valence-corrected chi connectivity index (χ4v) is 5.79. The van der Waals surface area contributed by atoms with Crippen LogP contribution in [0.2, 0.25) is 0 Å². The third-order valence-corrected chi connectivity index (χ3v) is 7.64. The van der Waals surface area contributed by atoms with Crippen LogP contribution in [0.3, 0.4) is 0 Å². The number of amides is 1. The highest BCUT2D eigenvalue weighted by Crippen LogP contribution is 2.27. The molecule has 1 aliphatic rings. The van der Waals surface area contributed by atoms with Crippen molar-refractivity contribution in [2.45, 2.75) is 57.9 Å². The first-order chi connectivity index (χ1) is 13.8. The van der Waals surface area contributed by atoms with E-state index in [4.69, 9.17) is 0 Å². The van der Waals surface area contributed by atoms with Crippen molar-refractivity contribution < 1.29 is 13.2 Å². The molecule has 1 atom stereocenters. The highest BCUT2D eigenvalue weighted by molar-refractivity contribution is 7.89. The zero-order valence-corrected chi connectivity index (χ0v) is 18.5. The van der Waals surface area contributed by atoms with Crippen molar-refractivity contribution in [2.75, 3.05) is 18.0 Å². The Bertz CT molecular complexity index is 1000. The first-order valence-electron chi connectivity index (χ1n) is 10.3. The molecule has 1 saturated heterocycles. The highest BCUT2D eigenvalue weighted by Gasteiger charge is 2.31. The molecule has 0 aromatic heterocycles. The number of benzene rings is 2. The minimum absolute atomic E-state index is 0.0181. The molecule has 0 bridgehead atoms. The molecule has 3 rings (SSSR count). The highest BCUT2D eigenvalue weighted by atomic mass is 32.2. The van der Waals surface area contributed by atoms with Crippen LogP contribution < -0.4 is 4.90 Å². The van der Waals surface area contributed by atoms with E-state index in [9.17, 15) is 13.2 Å². The van der Waals surface area contributed by atoms with Gasteiger partial charge in [-0.05, 0) is 70.4 Å². The van der Waals surface area contributed by atoms with Gasteiger partial charge in [-0.15, -0.1) is 0 Å².